The van der Waals surface area contributed by atoms with Gasteiger partial charge in [-0.1, -0.05) is 12.1 Å². The van der Waals surface area contributed by atoms with Crippen LogP contribution in [0, 0.1) is 0 Å². The zero-order valence-corrected chi connectivity index (χ0v) is 11.9. The van der Waals surface area contributed by atoms with Gasteiger partial charge in [-0.2, -0.15) is 11.3 Å². The minimum absolute atomic E-state index is 0. The van der Waals surface area contributed by atoms with Gasteiger partial charge in [0.2, 0.25) is 0 Å². The lowest BCUT2D eigenvalue weighted by Crippen LogP contribution is -3.00. The SMILES string of the molecule is COc1ccc(CCNCc2ccsc2)cc1.[Cl-]. The molecule has 2 nitrogen and oxygen atoms in total. The van der Waals surface area contributed by atoms with Crippen molar-refractivity contribution in [2.45, 2.75) is 13.0 Å². The van der Waals surface area contributed by atoms with Crippen molar-refractivity contribution in [2.24, 2.45) is 0 Å². The van der Waals surface area contributed by atoms with Crippen LogP contribution in [-0.4, -0.2) is 13.7 Å². The fraction of sp³-hybridized carbons (Fsp3) is 0.286. The summed E-state index contributed by atoms with van der Waals surface area (Å²) in [5.74, 6) is 0.917. The lowest BCUT2D eigenvalue weighted by molar-refractivity contribution is -0.00000375. The van der Waals surface area contributed by atoms with Crippen LogP contribution in [0.5, 0.6) is 5.75 Å². The van der Waals surface area contributed by atoms with E-state index in [1.807, 2.05) is 12.1 Å². The largest absolute Gasteiger partial charge is 1.00 e. The van der Waals surface area contributed by atoms with Crippen LogP contribution < -0.4 is 22.5 Å². The Labute approximate surface area is 118 Å². The summed E-state index contributed by atoms with van der Waals surface area (Å²) in [6.07, 6.45) is 1.05. The van der Waals surface area contributed by atoms with Gasteiger partial charge in [-0.05, 0) is 53.1 Å². The van der Waals surface area contributed by atoms with Gasteiger partial charge < -0.3 is 22.5 Å². The monoisotopic (exact) mass is 282 g/mol. The predicted octanol–water partition coefficient (Wildman–Crippen LogP) is 0.0930. The first-order valence-corrected chi connectivity index (χ1v) is 6.67. The summed E-state index contributed by atoms with van der Waals surface area (Å²) in [5, 5.41) is 7.73. The molecule has 1 N–H and O–H groups in total. The van der Waals surface area contributed by atoms with Crippen molar-refractivity contribution < 1.29 is 17.1 Å². The Balaban J connectivity index is 0.00000162. The first-order valence-electron chi connectivity index (χ1n) is 5.73. The topological polar surface area (TPSA) is 21.3 Å². The molecule has 0 radical (unpaired) electrons. The van der Waals surface area contributed by atoms with Gasteiger partial charge in [0.25, 0.3) is 0 Å². The molecule has 1 heterocycles. The van der Waals surface area contributed by atoms with Gasteiger partial charge in [0.1, 0.15) is 5.75 Å². The number of hydrogen-bond acceptors (Lipinski definition) is 3. The van der Waals surface area contributed by atoms with E-state index in [1.165, 1.54) is 11.1 Å². The summed E-state index contributed by atoms with van der Waals surface area (Å²) >= 11 is 1.74. The van der Waals surface area contributed by atoms with E-state index in [-0.39, 0.29) is 12.4 Å². The Bertz CT molecular complexity index is 428. The zero-order valence-electron chi connectivity index (χ0n) is 10.4. The first-order chi connectivity index (χ1) is 8.38. The highest BCUT2D eigenvalue weighted by atomic mass is 35.5. The second-order valence-corrected chi connectivity index (χ2v) is 4.69. The van der Waals surface area contributed by atoms with E-state index in [1.54, 1.807) is 18.4 Å². The van der Waals surface area contributed by atoms with Gasteiger partial charge >= 0.3 is 0 Å². The summed E-state index contributed by atoms with van der Waals surface area (Å²) < 4.78 is 5.13. The van der Waals surface area contributed by atoms with Gasteiger partial charge in [0.05, 0.1) is 7.11 Å². The summed E-state index contributed by atoms with van der Waals surface area (Å²) in [7, 11) is 1.69. The van der Waals surface area contributed by atoms with Crippen molar-refractivity contribution in [1.29, 1.82) is 0 Å². The number of nitrogens with one attached hydrogen (secondary N) is 1. The first kappa shape index (κ1) is 15.0. The maximum absolute atomic E-state index is 5.13. The molecule has 18 heavy (non-hydrogen) atoms. The van der Waals surface area contributed by atoms with Gasteiger partial charge in [0.15, 0.2) is 0 Å². The van der Waals surface area contributed by atoms with Crippen molar-refractivity contribution in [3.05, 3.63) is 52.2 Å². The van der Waals surface area contributed by atoms with Crippen LogP contribution in [0.4, 0.5) is 0 Å². The standard InChI is InChI=1S/C14H17NOS.ClH/c1-16-14-4-2-12(3-5-14)6-8-15-10-13-7-9-17-11-13;/h2-5,7,9,11,15H,6,8,10H2,1H3;1H/p-1. The molecular weight excluding hydrogens is 266 g/mol. The highest BCUT2D eigenvalue weighted by molar-refractivity contribution is 7.07. The Morgan fingerprint density at radius 2 is 1.89 bits per heavy atom. The summed E-state index contributed by atoms with van der Waals surface area (Å²) in [4.78, 5) is 0. The number of halogens is 1. The maximum Gasteiger partial charge on any atom is 0.118 e. The zero-order chi connectivity index (χ0) is 11.9. The molecule has 0 bridgehead atoms. The lowest BCUT2D eigenvalue weighted by Gasteiger charge is -2.05. The van der Waals surface area contributed by atoms with E-state index in [0.717, 1.165) is 25.3 Å². The van der Waals surface area contributed by atoms with Crippen molar-refractivity contribution in [3.63, 3.8) is 0 Å². The van der Waals surface area contributed by atoms with E-state index in [0.29, 0.717) is 0 Å². The van der Waals surface area contributed by atoms with Crippen LogP contribution >= 0.6 is 11.3 Å². The van der Waals surface area contributed by atoms with Crippen LogP contribution in [0.2, 0.25) is 0 Å². The molecule has 2 rings (SSSR count). The molecule has 0 amide bonds. The molecule has 0 atom stereocenters. The Hall–Kier alpha value is -1.03. The van der Waals surface area contributed by atoms with E-state index in [9.17, 15) is 0 Å². The van der Waals surface area contributed by atoms with Crippen LogP contribution in [0.3, 0.4) is 0 Å². The smallest absolute Gasteiger partial charge is 0.118 e. The Kier molecular flexibility index (Phi) is 6.80. The molecule has 0 aliphatic rings. The summed E-state index contributed by atoms with van der Waals surface area (Å²) in [6.45, 7) is 1.96. The van der Waals surface area contributed by atoms with E-state index in [2.05, 4.69) is 34.3 Å². The van der Waals surface area contributed by atoms with Crippen molar-refractivity contribution in [1.82, 2.24) is 5.32 Å². The van der Waals surface area contributed by atoms with E-state index < -0.39 is 0 Å². The lowest BCUT2D eigenvalue weighted by atomic mass is 10.1. The van der Waals surface area contributed by atoms with Gasteiger partial charge in [-0.3, -0.25) is 0 Å². The van der Waals surface area contributed by atoms with Crippen molar-refractivity contribution >= 4 is 11.3 Å². The third-order valence-electron chi connectivity index (χ3n) is 2.66. The molecule has 2 aromatic rings. The number of rotatable bonds is 6. The molecule has 4 heteroatoms. The van der Waals surface area contributed by atoms with E-state index >= 15 is 0 Å². The molecule has 0 fully saturated rings. The minimum atomic E-state index is 0. The highest BCUT2D eigenvalue weighted by Crippen LogP contribution is 2.11. The molecule has 0 aliphatic heterocycles. The van der Waals surface area contributed by atoms with Crippen LogP contribution in [0.25, 0.3) is 0 Å². The number of thiophene rings is 1. The Morgan fingerprint density at radius 1 is 1.11 bits per heavy atom. The van der Waals surface area contributed by atoms with Gasteiger partial charge in [-0.25, -0.2) is 0 Å². The normalized spacial score (nSPS) is 9.83. The van der Waals surface area contributed by atoms with Gasteiger partial charge in [0, 0.05) is 6.54 Å². The molecular formula is C14H17ClNOS-. The minimum Gasteiger partial charge on any atom is -1.00 e. The predicted molar refractivity (Wildman–Crippen MR) is 72.7 cm³/mol. The van der Waals surface area contributed by atoms with Crippen LogP contribution in [0.1, 0.15) is 11.1 Å². The average molecular weight is 283 g/mol. The third kappa shape index (κ3) is 4.69. The fourth-order valence-electron chi connectivity index (χ4n) is 1.65. The second kappa shape index (κ2) is 8.14. The van der Waals surface area contributed by atoms with Crippen molar-refractivity contribution in [3.8, 4) is 5.75 Å². The molecule has 0 spiro atoms. The van der Waals surface area contributed by atoms with Crippen molar-refractivity contribution in [2.75, 3.05) is 13.7 Å². The fourth-order valence-corrected chi connectivity index (χ4v) is 2.32. The third-order valence-corrected chi connectivity index (χ3v) is 3.39. The average Bonchev–Trinajstić information content (AvgIpc) is 2.88. The molecule has 98 valence electrons. The van der Waals surface area contributed by atoms with Crippen LogP contribution in [0.15, 0.2) is 41.1 Å². The number of ether oxygens (including phenoxy) is 1. The summed E-state index contributed by atoms with van der Waals surface area (Å²) in [6, 6.07) is 10.4. The molecule has 1 aromatic heterocycles. The summed E-state index contributed by atoms with van der Waals surface area (Å²) in [5.41, 5.74) is 2.70. The molecule has 1 aromatic carbocycles. The maximum atomic E-state index is 5.13. The van der Waals surface area contributed by atoms with Gasteiger partial charge in [-0.15, -0.1) is 0 Å². The quantitative estimate of drug-likeness (QED) is 0.759. The Morgan fingerprint density at radius 3 is 2.50 bits per heavy atom. The number of methoxy groups -OCH3 is 1. The van der Waals surface area contributed by atoms with E-state index in [4.69, 9.17) is 4.74 Å². The number of benzene rings is 1. The molecule has 0 unspecified atom stereocenters. The molecule has 0 saturated heterocycles. The highest BCUT2D eigenvalue weighted by Gasteiger charge is 1.95. The molecule has 0 saturated carbocycles. The number of hydrogen-bond donors (Lipinski definition) is 1. The molecule has 0 aliphatic carbocycles. The second-order valence-electron chi connectivity index (χ2n) is 3.91. The van der Waals surface area contributed by atoms with Crippen LogP contribution in [-0.2, 0) is 13.0 Å².